The summed E-state index contributed by atoms with van der Waals surface area (Å²) in [7, 11) is 0. The smallest absolute Gasteiger partial charge is 0.165 e. The molecule has 0 spiro atoms. The maximum Gasteiger partial charge on any atom is 0.379 e. The summed E-state index contributed by atoms with van der Waals surface area (Å²) in [6, 6.07) is 0. The summed E-state index contributed by atoms with van der Waals surface area (Å²) >= 11 is 11.6. The van der Waals surface area contributed by atoms with Crippen LogP contribution in [-0.2, 0) is 0 Å². The average Bonchev–Trinajstić information content (AvgIpc) is 1.85. The van der Waals surface area contributed by atoms with E-state index in [2.05, 4.69) is 19.9 Å². The van der Waals surface area contributed by atoms with Crippen LogP contribution in [0.3, 0.4) is 0 Å². The summed E-state index contributed by atoms with van der Waals surface area (Å²) in [5.41, 5.74) is 3.61. The molecule has 0 fully saturated rings. The molecule has 0 N–H and O–H groups in total. The second-order valence-corrected chi connectivity index (χ2v) is 4.13. The summed E-state index contributed by atoms with van der Waals surface area (Å²) in [5, 5.41) is 0. The lowest BCUT2D eigenvalue weighted by molar-refractivity contribution is 1.02. The van der Waals surface area contributed by atoms with Crippen molar-refractivity contribution in [1.29, 1.82) is 0 Å². The van der Waals surface area contributed by atoms with Gasteiger partial charge in [0.15, 0.2) is 0 Å². The Morgan fingerprint density at radius 3 is 2.45 bits per heavy atom. The van der Waals surface area contributed by atoms with E-state index in [9.17, 15) is 0 Å². The highest BCUT2D eigenvalue weighted by atomic mass is 35.5. The second kappa shape index (κ2) is 3.69. The number of halogens is 2. The number of hydrogen-bond donors (Lipinski definition) is 0. The normalized spacial score (nSPS) is 18.4. The van der Waals surface area contributed by atoms with Gasteiger partial charge in [0.05, 0.1) is 0 Å². The van der Waals surface area contributed by atoms with Crippen molar-refractivity contribution in [3.8, 4) is 0 Å². The molecule has 0 aromatic rings. The van der Waals surface area contributed by atoms with Crippen molar-refractivity contribution < 1.29 is 0 Å². The number of allylic oxidation sites excluding steroid dienone is 4. The molecule has 1 aliphatic rings. The van der Waals surface area contributed by atoms with Crippen LogP contribution in [0, 0.1) is 0 Å². The maximum absolute atomic E-state index is 5.78. The minimum absolute atomic E-state index is 0.320. The molecule has 0 aromatic carbocycles. The van der Waals surface area contributed by atoms with Gasteiger partial charge < -0.3 is 0 Å². The molecule has 60 valence electrons. The van der Waals surface area contributed by atoms with Crippen LogP contribution >= 0.6 is 22.9 Å². The third kappa shape index (κ3) is 2.28. The van der Waals surface area contributed by atoms with Gasteiger partial charge in [-0.1, -0.05) is 22.7 Å². The highest BCUT2D eigenvalue weighted by molar-refractivity contribution is 7.37. The number of hydrogen-bond acceptors (Lipinski definition) is 0. The van der Waals surface area contributed by atoms with E-state index in [1.54, 1.807) is 0 Å². The van der Waals surface area contributed by atoms with Gasteiger partial charge in [-0.2, -0.15) is 22.9 Å². The lowest BCUT2D eigenvalue weighted by Gasteiger charge is -2.15. The van der Waals surface area contributed by atoms with Gasteiger partial charge in [0, 0.05) is 0 Å². The monoisotopic (exact) mass is 188 g/mol. The largest absolute Gasteiger partial charge is 0.379 e. The van der Waals surface area contributed by atoms with E-state index >= 15 is 0 Å². The predicted octanol–water partition coefficient (Wildman–Crippen LogP) is 3.55. The molecule has 0 atom stereocenters. The summed E-state index contributed by atoms with van der Waals surface area (Å²) in [6.45, 7) is 4.24. The molecule has 0 saturated carbocycles. The summed E-state index contributed by atoms with van der Waals surface area (Å²) in [5.74, 6) is 0. The molecule has 1 rings (SSSR count). The second-order valence-electron chi connectivity index (χ2n) is 3.04. The first-order valence-corrected chi connectivity index (χ1v) is 4.61. The van der Waals surface area contributed by atoms with E-state index in [4.69, 9.17) is 22.9 Å². The molecule has 0 bridgehead atoms. The van der Waals surface area contributed by atoms with Crippen LogP contribution in [0.25, 0.3) is 0 Å². The predicted molar refractivity (Wildman–Crippen MR) is 53.2 cm³/mol. The molecule has 0 radical (unpaired) electrons. The van der Waals surface area contributed by atoms with Crippen LogP contribution in [0.15, 0.2) is 22.7 Å². The zero-order chi connectivity index (χ0) is 8.43. The fraction of sp³-hybridized carbons (Fsp3) is 0.500. The van der Waals surface area contributed by atoms with Crippen molar-refractivity contribution in [3.63, 3.8) is 0 Å². The van der Waals surface area contributed by atoms with E-state index < -0.39 is 0 Å². The van der Waals surface area contributed by atoms with Crippen LogP contribution in [0.1, 0.15) is 26.7 Å². The van der Waals surface area contributed by atoms with Crippen LogP contribution in [0.5, 0.6) is 0 Å². The molecule has 0 aliphatic heterocycles. The first-order valence-electron chi connectivity index (χ1n) is 3.73. The van der Waals surface area contributed by atoms with Crippen molar-refractivity contribution in [2.24, 2.45) is 0 Å². The quantitative estimate of drug-likeness (QED) is 0.436. The Morgan fingerprint density at radius 1 is 1.36 bits per heavy atom. The highest BCUT2D eigenvalue weighted by Gasteiger charge is 2.17. The van der Waals surface area contributed by atoms with Gasteiger partial charge in [0.25, 0.3) is 0 Å². The zero-order valence-corrected chi connectivity index (χ0v) is 8.34. The van der Waals surface area contributed by atoms with E-state index in [-0.39, 0.29) is 5.54 Å². The Kier molecular flexibility index (Phi) is 3.09. The van der Waals surface area contributed by atoms with Crippen molar-refractivity contribution >= 4 is 28.5 Å². The average molecular weight is 189 g/mol. The molecule has 0 aromatic heterocycles. The van der Waals surface area contributed by atoms with Gasteiger partial charge in [-0.25, -0.2) is 0 Å². The van der Waals surface area contributed by atoms with Crippen LogP contribution in [-0.4, -0.2) is 5.54 Å². The molecule has 0 unspecified atom stereocenters. The Morgan fingerprint density at radius 2 is 2.00 bits per heavy atom. The molecular weight excluding hydrogens is 178 g/mol. The van der Waals surface area contributed by atoms with Crippen molar-refractivity contribution in [2.45, 2.75) is 26.7 Å². The molecule has 0 saturated heterocycles. The van der Waals surface area contributed by atoms with Crippen LogP contribution in [0.4, 0.5) is 0 Å². The van der Waals surface area contributed by atoms with E-state index in [0.29, 0.717) is 0 Å². The molecule has 11 heavy (non-hydrogen) atoms. The molecule has 1 aliphatic carbocycles. The number of rotatable bonds is 1. The SMILES string of the molecule is CC1=CCC(B(Cl)Cl)=C(C)C1. The van der Waals surface area contributed by atoms with Gasteiger partial charge in [-0.05, 0) is 26.7 Å². The summed E-state index contributed by atoms with van der Waals surface area (Å²) in [6.07, 6.45) is 4.15. The summed E-state index contributed by atoms with van der Waals surface area (Å²) < 4.78 is 0. The van der Waals surface area contributed by atoms with Crippen molar-refractivity contribution in [1.82, 2.24) is 0 Å². The summed E-state index contributed by atoms with van der Waals surface area (Å²) in [4.78, 5) is 0. The lowest BCUT2D eigenvalue weighted by Crippen LogP contribution is -2.06. The van der Waals surface area contributed by atoms with E-state index in [1.807, 2.05) is 0 Å². The van der Waals surface area contributed by atoms with Gasteiger partial charge in [0.1, 0.15) is 0 Å². The Bertz CT molecular complexity index is 216. The maximum atomic E-state index is 5.78. The first kappa shape index (κ1) is 9.21. The standard InChI is InChI=1S/C8H11BCl2/c1-6-3-4-8(9(10)11)7(2)5-6/h3H,4-5H2,1-2H3. The van der Waals surface area contributed by atoms with Gasteiger partial charge >= 0.3 is 5.54 Å². The molecule has 3 heteroatoms. The first-order chi connectivity index (χ1) is 5.11. The third-order valence-electron chi connectivity index (χ3n) is 2.03. The Balaban J connectivity index is 2.75. The molecule has 0 heterocycles. The minimum Gasteiger partial charge on any atom is -0.165 e. The topological polar surface area (TPSA) is 0 Å². The van der Waals surface area contributed by atoms with Crippen LogP contribution in [0.2, 0.25) is 0 Å². The van der Waals surface area contributed by atoms with E-state index in [0.717, 1.165) is 12.8 Å². The fourth-order valence-electron chi connectivity index (χ4n) is 1.34. The lowest BCUT2D eigenvalue weighted by atomic mass is 9.80. The van der Waals surface area contributed by atoms with Crippen molar-refractivity contribution in [2.75, 3.05) is 0 Å². The molecular formula is C8H11BCl2. The van der Waals surface area contributed by atoms with E-state index in [1.165, 1.54) is 16.6 Å². The van der Waals surface area contributed by atoms with Crippen molar-refractivity contribution in [3.05, 3.63) is 22.7 Å². The van der Waals surface area contributed by atoms with Crippen LogP contribution < -0.4 is 0 Å². The van der Waals surface area contributed by atoms with Gasteiger partial charge in [0.2, 0.25) is 0 Å². The molecule has 0 amide bonds. The van der Waals surface area contributed by atoms with Gasteiger partial charge in [-0.3, -0.25) is 0 Å². The third-order valence-corrected chi connectivity index (χ3v) is 2.55. The minimum atomic E-state index is -0.320. The Hall–Kier alpha value is 0.125. The molecule has 0 nitrogen and oxygen atoms in total. The highest BCUT2D eigenvalue weighted by Crippen LogP contribution is 2.27. The Labute approximate surface area is 78.2 Å². The zero-order valence-electron chi connectivity index (χ0n) is 6.82. The van der Waals surface area contributed by atoms with Gasteiger partial charge in [-0.15, -0.1) is 0 Å². The fourth-order valence-corrected chi connectivity index (χ4v) is 1.89.